The third-order valence-electron chi connectivity index (χ3n) is 1.88. The molecule has 15 heavy (non-hydrogen) atoms. The average Bonchev–Trinajstić information content (AvgIpc) is 2.85. The van der Waals surface area contributed by atoms with E-state index >= 15 is 0 Å². The topological polar surface area (TPSA) is 78.1 Å². The quantitative estimate of drug-likeness (QED) is 0.820. The van der Waals surface area contributed by atoms with E-state index in [1.54, 1.807) is 25.3 Å². The SMILES string of the molecule is Cc1nnc(/C(=C/c2ccco2)CN)o1. The monoisotopic (exact) mass is 205 g/mol. The van der Waals surface area contributed by atoms with Gasteiger partial charge in [-0.05, 0) is 18.2 Å². The van der Waals surface area contributed by atoms with Crippen LogP contribution < -0.4 is 5.73 Å². The summed E-state index contributed by atoms with van der Waals surface area (Å²) in [6, 6.07) is 3.64. The molecule has 0 fully saturated rings. The van der Waals surface area contributed by atoms with Gasteiger partial charge in [0.25, 0.3) is 0 Å². The fraction of sp³-hybridized carbons (Fsp3) is 0.200. The van der Waals surface area contributed by atoms with E-state index in [1.165, 1.54) is 0 Å². The van der Waals surface area contributed by atoms with E-state index in [0.717, 1.165) is 5.57 Å². The van der Waals surface area contributed by atoms with Crippen LogP contribution >= 0.6 is 0 Å². The molecule has 5 heteroatoms. The van der Waals surface area contributed by atoms with Crippen LogP contribution in [-0.4, -0.2) is 16.7 Å². The minimum absolute atomic E-state index is 0.322. The highest BCUT2D eigenvalue weighted by molar-refractivity contribution is 5.77. The summed E-state index contributed by atoms with van der Waals surface area (Å²) in [5.41, 5.74) is 6.35. The number of rotatable bonds is 3. The zero-order valence-corrected chi connectivity index (χ0v) is 8.30. The summed E-state index contributed by atoms with van der Waals surface area (Å²) in [6.07, 6.45) is 3.38. The molecule has 78 valence electrons. The molecule has 2 N–H and O–H groups in total. The molecule has 0 amide bonds. The molecule has 2 rings (SSSR count). The fourth-order valence-electron chi connectivity index (χ4n) is 1.18. The molecule has 0 radical (unpaired) electrons. The maximum absolute atomic E-state index is 5.59. The number of nitrogens with zero attached hydrogens (tertiary/aromatic N) is 2. The van der Waals surface area contributed by atoms with Gasteiger partial charge in [0.2, 0.25) is 11.8 Å². The molecule has 0 atom stereocenters. The van der Waals surface area contributed by atoms with E-state index < -0.39 is 0 Å². The van der Waals surface area contributed by atoms with E-state index in [0.29, 0.717) is 24.1 Å². The summed E-state index contributed by atoms with van der Waals surface area (Å²) in [5.74, 6) is 1.67. The van der Waals surface area contributed by atoms with Crippen molar-refractivity contribution in [3.05, 3.63) is 35.9 Å². The summed E-state index contributed by atoms with van der Waals surface area (Å²) in [7, 11) is 0. The molecule has 0 bridgehead atoms. The van der Waals surface area contributed by atoms with Crippen LogP contribution in [0, 0.1) is 6.92 Å². The van der Waals surface area contributed by atoms with Crippen molar-refractivity contribution in [3.8, 4) is 0 Å². The highest BCUT2D eigenvalue weighted by Crippen LogP contribution is 2.15. The Morgan fingerprint density at radius 3 is 2.93 bits per heavy atom. The van der Waals surface area contributed by atoms with Gasteiger partial charge in [0, 0.05) is 19.0 Å². The molecule has 0 aliphatic rings. The van der Waals surface area contributed by atoms with Crippen LogP contribution in [0.4, 0.5) is 0 Å². The molecule has 5 nitrogen and oxygen atoms in total. The van der Waals surface area contributed by atoms with Crippen molar-refractivity contribution in [2.45, 2.75) is 6.92 Å². The van der Waals surface area contributed by atoms with Crippen LogP contribution in [0.25, 0.3) is 11.6 Å². The van der Waals surface area contributed by atoms with E-state index in [9.17, 15) is 0 Å². The maximum atomic E-state index is 5.59. The van der Waals surface area contributed by atoms with Crippen molar-refractivity contribution in [2.75, 3.05) is 6.54 Å². The van der Waals surface area contributed by atoms with E-state index in [1.807, 2.05) is 6.07 Å². The molecule has 0 unspecified atom stereocenters. The lowest BCUT2D eigenvalue weighted by molar-refractivity contribution is 0.505. The third kappa shape index (κ3) is 2.13. The van der Waals surface area contributed by atoms with Gasteiger partial charge in [-0.25, -0.2) is 0 Å². The molecule has 0 aliphatic heterocycles. The number of hydrogen-bond donors (Lipinski definition) is 1. The summed E-state index contributed by atoms with van der Waals surface area (Å²) < 4.78 is 10.4. The Labute approximate surface area is 86.6 Å². The summed E-state index contributed by atoms with van der Waals surface area (Å²) >= 11 is 0. The molecule has 2 heterocycles. The van der Waals surface area contributed by atoms with Crippen LogP contribution in [-0.2, 0) is 0 Å². The van der Waals surface area contributed by atoms with Gasteiger partial charge in [0.1, 0.15) is 5.76 Å². The van der Waals surface area contributed by atoms with Gasteiger partial charge in [0.15, 0.2) is 0 Å². The number of aromatic nitrogens is 2. The molecule has 0 aliphatic carbocycles. The first-order valence-electron chi connectivity index (χ1n) is 4.54. The molecule has 0 spiro atoms. The summed E-state index contributed by atoms with van der Waals surface area (Å²) in [4.78, 5) is 0. The van der Waals surface area contributed by atoms with Crippen LogP contribution in [0.15, 0.2) is 27.2 Å². The third-order valence-corrected chi connectivity index (χ3v) is 1.88. The van der Waals surface area contributed by atoms with Gasteiger partial charge in [-0.2, -0.15) is 0 Å². The van der Waals surface area contributed by atoms with Crippen molar-refractivity contribution < 1.29 is 8.83 Å². The van der Waals surface area contributed by atoms with Crippen molar-refractivity contribution >= 4 is 11.6 Å². The predicted molar refractivity (Wildman–Crippen MR) is 54.7 cm³/mol. The smallest absolute Gasteiger partial charge is 0.245 e. The van der Waals surface area contributed by atoms with Gasteiger partial charge in [0.05, 0.1) is 6.26 Å². The standard InChI is InChI=1S/C10H11N3O2/c1-7-12-13-10(15-7)8(6-11)5-9-3-2-4-14-9/h2-5H,6,11H2,1H3/b8-5+. The number of nitrogens with two attached hydrogens (primary N) is 1. The fourth-order valence-corrected chi connectivity index (χ4v) is 1.18. The predicted octanol–water partition coefficient (Wildman–Crippen LogP) is 1.47. The Balaban J connectivity index is 2.32. The summed E-state index contributed by atoms with van der Waals surface area (Å²) in [6.45, 7) is 2.06. The maximum Gasteiger partial charge on any atom is 0.245 e. The largest absolute Gasteiger partial charge is 0.465 e. The first-order valence-corrected chi connectivity index (χ1v) is 4.54. The number of hydrogen-bond acceptors (Lipinski definition) is 5. The Kier molecular flexibility index (Phi) is 2.64. The van der Waals surface area contributed by atoms with Crippen LogP contribution in [0.1, 0.15) is 17.5 Å². The Morgan fingerprint density at radius 1 is 1.53 bits per heavy atom. The molecular weight excluding hydrogens is 194 g/mol. The van der Waals surface area contributed by atoms with Crippen molar-refractivity contribution in [2.24, 2.45) is 5.73 Å². The first kappa shape index (κ1) is 9.67. The van der Waals surface area contributed by atoms with Gasteiger partial charge < -0.3 is 14.6 Å². The molecule has 0 saturated carbocycles. The highest BCUT2D eigenvalue weighted by Gasteiger charge is 2.08. The van der Waals surface area contributed by atoms with Crippen molar-refractivity contribution in [3.63, 3.8) is 0 Å². The molecule has 2 aromatic heterocycles. The summed E-state index contributed by atoms with van der Waals surface area (Å²) in [5, 5.41) is 7.63. The highest BCUT2D eigenvalue weighted by atomic mass is 16.4. The lowest BCUT2D eigenvalue weighted by Crippen LogP contribution is -2.02. The van der Waals surface area contributed by atoms with Crippen LogP contribution in [0.5, 0.6) is 0 Å². The zero-order chi connectivity index (χ0) is 10.7. The number of furan rings is 1. The first-order chi connectivity index (χ1) is 7.29. The van der Waals surface area contributed by atoms with E-state index in [4.69, 9.17) is 14.6 Å². The Hall–Kier alpha value is -1.88. The normalized spacial score (nSPS) is 12.0. The van der Waals surface area contributed by atoms with Crippen LogP contribution in [0.2, 0.25) is 0 Å². The van der Waals surface area contributed by atoms with Crippen LogP contribution in [0.3, 0.4) is 0 Å². The van der Waals surface area contributed by atoms with Crippen molar-refractivity contribution in [1.82, 2.24) is 10.2 Å². The minimum Gasteiger partial charge on any atom is -0.465 e. The molecular formula is C10H11N3O2. The van der Waals surface area contributed by atoms with E-state index in [-0.39, 0.29) is 0 Å². The van der Waals surface area contributed by atoms with E-state index in [2.05, 4.69) is 10.2 Å². The van der Waals surface area contributed by atoms with Gasteiger partial charge in [-0.15, -0.1) is 10.2 Å². The second-order valence-electron chi connectivity index (χ2n) is 3.02. The second-order valence-corrected chi connectivity index (χ2v) is 3.02. The molecule has 0 aromatic carbocycles. The second kappa shape index (κ2) is 4.10. The van der Waals surface area contributed by atoms with Gasteiger partial charge in [-0.1, -0.05) is 0 Å². The minimum atomic E-state index is 0.322. The molecule has 0 saturated heterocycles. The lowest BCUT2D eigenvalue weighted by Gasteiger charge is -1.96. The number of aryl methyl sites for hydroxylation is 1. The average molecular weight is 205 g/mol. The Bertz CT molecular complexity index is 457. The van der Waals surface area contributed by atoms with Gasteiger partial charge in [-0.3, -0.25) is 0 Å². The van der Waals surface area contributed by atoms with Crippen molar-refractivity contribution in [1.29, 1.82) is 0 Å². The van der Waals surface area contributed by atoms with Gasteiger partial charge >= 0.3 is 0 Å². The Morgan fingerprint density at radius 2 is 2.40 bits per heavy atom. The molecule has 2 aromatic rings. The lowest BCUT2D eigenvalue weighted by atomic mass is 10.2. The zero-order valence-electron chi connectivity index (χ0n) is 8.30.